The lowest BCUT2D eigenvalue weighted by atomic mass is 9.67. The van der Waals surface area contributed by atoms with Gasteiger partial charge in [-0.25, -0.2) is 0 Å². The Morgan fingerprint density at radius 2 is 0.591 bits per heavy atom. The summed E-state index contributed by atoms with van der Waals surface area (Å²) in [4.78, 5) is 31.1. The van der Waals surface area contributed by atoms with E-state index >= 15 is 0 Å². The monoisotopic (exact) mass is 1250 g/mol. The summed E-state index contributed by atoms with van der Waals surface area (Å²) in [7, 11) is 0. The molecule has 4 aromatic carbocycles. The number of unbranched alkanes of at least 4 members (excludes halogenated alkanes) is 20. The summed E-state index contributed by atoms with van der Waals surface area (Å²) in [5.41, 5.74) is 8.19. The second kappa shape index (κ2) is 32.6. The van der Waals surface area contributed by atoms with E-state index in [-0.39, 0.29) is 0 Å². The van der Waals surface area contributed by atoms with Crippen molar-refractivity contribution in [2.45, 2.75) is 193 Å². The molecule has 0 fully saturated rings. The summed E-state index contributed by atoms with van der Waals surface area (Å²) < 4.78 is 28.6. The Hall–Kier alpha value is -6.04. The zero-order valence-electron chi connectivity index (χ0n) is 52.7. The average molecular weight is 1250 g/mol. The minimum absolute atomic E-state index is 0.691. The van der Waals surface area contributed by atoms with Gasteiger partial charge in [-0.2, -0.15) is 0 Å². The number of rotatable bonds is 40. The molecule has 4 aromatic heterocycles. The van der Waals surface area contributed by atoms with E-state index in [0.717, 1.165) is 93.3 Å². The third-order valence-electron chi connectivity index (χ3n) is 17.9. The lowest BCUT2D eigenvalue weighted by Crippen LogP contribution is -2.28. The molecule has 8 aromatic rings. The van der Waals surface area contributed by atoms with Crippen LogP contribution < -0.4 is 18.9 Å². The molecule has 2 aliphatic rings. The molecule has 0 spiro atoms. The Kier molecular flexibility index (Phi) is 24.1. The molecular formula is C78H92O6S4. The largest absolute Gasteiger partial charge is 0.494 e. The number of thiophene rings is 4. The molecule has 0 aliphatic heterocycles. The number of aldehydes is 2. The summed E-state index contributed by atoms with van der Waals surface area (Å²) in [6.45, 7) is 11.8. The topological polar surface area (TPSA) is 71.1 Å². The molecule has 0 amide bonds. The molecule has 0 saturated carbocycles. The molecule has 464 valence electrons. The first-order valence-electron chi connectivity index (χ1n) is 33.5. The second-order valence-electron chi connectivity index (χ2n) is 24.1. The fourth-order valence-electron chi connectivity index (χ4n) is 13.4. The third-order valence-corrected chi connectivity index (χ3v) is 23.0. The maximum atomic E-state index is 12.0. The molecule has 0 unspecified atom stereocenters. The molecule has 0 bridgehead atoms. The normalized spacial score (nSPS) is 13.5. The van der Waals surface area contributed by atoms with Crippen molar-refractivity contribution in [3.63, 3.8) is 0 Å². The van der Waals surface area contributed by atoms with E-state index in [2.05, 4.69) is 137 Å². The van der Waals surface area contributed by atoms with Crippen LogP contribution in [0.25, 0.3) is 41.1 Å². The Labute approximate surface area is 541 Å². The molecule has 10 rings (SSSR count). The third kappa shape index (κ3) is 14.4. The van der Waals surface area contributed by atoms with Gasteiger partial charge in [-0.05, 0) is 144 Å². The quantitative estimate of drug-likeness (QED) is 0.0217. The highest BCUT2D eigenvalue weighted by Gasteiger charge is 2.55. The van der Waals surface area contributed by atoms with Crippen molar-refractivity contribution in [3.8, 4) is 42.5 Å². The summed E-state index contributed by atoms with van der Waals surface area (Å²) in [5, 5.41) is 0. The average Bonchev–Trinajstić information content (AvgIpc) is 1.49. The number of ether oxygens (including phenoxy) is 4. The van der Waals surface area contributed by atoms with E-state index in [1.54, 1.807) is 34.8 Å². The van der Waals surface area contributed by atoms with Crippen LogP contribution >= 0.6 is 45.3 Å². The zero-order chi connectivity index (χ0) is 61.0. The number of carbonyl (C=O) groups is 2. The summed E-state index contributed by atoms with van der Waals surface area (Å²) in [6, 6.07) is 40.6. The van der Waals surface area contributed by atoms with E-state index in [0.29, 0.717) is 26.4 Å². The van der Waals surface area contributed by atoms with Crippen molar-refractivity contribution in [2.24, 2.45) is 0 Å². The van der Waals surface area contributed by atoms with Crippen LogP contribution in [0.5, 0.6) is 23.0 Å². The smallest absolute Gasteiger partial charge is 0.142 e. The predicted octanol–water partition coefficient (Wildman–Crippen LogP) is 23.2. The van der Waals surface area contributed by atoms with Gasteiger partial charge in [-0.3, -0.25) is 9.59 Å². The summed E-state index contributed by atoms with van der Waals surface area (Å²) in [6.07, 6.45) is 38.0. The Morgan fingerprint density at radius 3 is 0.852 bits per heavy atom. The van der Waals surface area contributed by atoms with Gasteiger partial charge in [0.2, 0.25) is 0 Å². The van der Waals surface area contributed by atoms with Gasteiger partial charge in [0.15, 0.2) is 0 Å². The minimum Gasteiger partial charge on any atom is -0.494 e. The van der Waals surface area contributed by atoms with Crippen molar-refractivity contribution in [1.29, 1.82) is 0 Å². The van der Waals surface area contributed by atoms with Crippen molar-refractivity contribution < 1.29 is 28.5 Å². The van der Waals surface area contributed by atoms with E-state index in [9.17, 15) is 9.59 Å². The zero-order valence-corrected chi connectivity index (χ0v) is 56.0. The number of allylic oxidation sites excluding steroid dienone is 2. The van der Waals surface area contributed by atoms with Gasteiger partial charge in [0.25, 0.3) is 0 Å². The minimum atomic E-state index is -0.746. The van der Waals surface area contributed by atoms with Crippen LogP contribution in [-0.2, 0) is 20.4 Å². The molecule has 4 heterocycles. The number of fused-ring (bicyclic) bond motifs is 9. The number of hydrogen-bond donors (Lipinski definition) is 0. The van der Waals surface area contributed by atoms with Crippen LogP contribution in [0.2, 0.25) is 0 Å². The summed E-state index contributed by atoms with van der Waals surface area (Å²) in [5.74, 6) is 3.51. The van der Waals surface area contributed by atoms with E-state index < -0.39 is 10.8 Å². The van der Waals surface area contributed by atoms with Crippen LogP contribution in [0.1, 0.15) is 236 Å². The Balaban J connectivity index is 1.14. The fraction of sp³-hybridized carbons (Fsp3) is 0.436. The summed E-state index contributed by atoms with van der Waals surface area (Å²) >= 11 is 7.39. The molecule has 2 aliphatic carbocycles. The maximum Gasteiger partial charge on any atom is 0.142 e. The number of hydrogen-bond acceptors (Lipinski definition) is 10. The van der Waals surface area contributed by atoms with Gasteiger partial charge in [0.1, 0.15) is 35.6 Å². The SMILES string of the molecule is CCCCCCCCOc1ccc(C2(c3ccc(OCCCCCCCC)cc3)c3cc(/C=C/C=O)sc3-c3sc4c5c(sc4c32)-c2sc(/C=C/C=O)cc2C5(c2ccc(OCCCCCCCC)cc2)c2ccc(OCCCCCCCC)cc2)cc1. The Bertz CT molecular complexity index is 3160. The number of carbonyl (C=O) groups excluding carboxylic acids is 2. The first-order chi connectivity index (χ1) is 43.4. The van der Waals surface area contributed by atoms with E-state index in [1.165, 1.54) is 180 Å². The van der Waals surface area contributed by atoms with Crippen molar-refractivity contribution in [1.82, 2.24) is 0 Å². The van der Waals surface area contributed by atoms with Gasteiger partial charge in [0, 0.05) is 20.9 Å². The highest BCUT2D eigenvalue weighted by atomic mass is 32.1. The molecule has 0 saturated heterocycles. The fourth-order valence-corrected chi connectivity index (χ4v) is 19.0. The molecule has 0 N–H and O–H groups in total. The van der Waals surface area contributed by atoms with Crippen LogP contribution in [0, 0.1) is 0 Å². The van der Waals surface area contributed by atoms with Crippen molar-refractivity contribution >= 4 is 79.5 Å². The molecule has 10 heteroatoms. The first kappa shape index (κ1) is 64.9. The molecule has 88 heavy (non-hydrogen) atoms. The highest BCUT2D eigenvalue weighted by molar-refractivity contribution is 7.34. The molecule has 0 radical (unpaired) electrons. The van der Waals surface area contributed by atoms with Crippen molar-refractivity contribution in [2.75, 3.05) is 26.4 Å². The number of benzene rings is 4. The van der Waals surface area contributed by atoms with Gasteiger partial charge < -0.3 is 18.9 Å². The van der Waals surface area contributed by atoms with E-state index in [1.807, 2.05) is 34.8 Å². The van der Waals surface area contributed by atoms with Gasteiger partial charge in [-0.15, -0.1) is 45.3 Å². The van der Waals surface area contributed by atoms with Gasteiger partial charge >= 0.3 is 0 Å². The lowest BCUT2D eigenvalue weighted by molar-refractivity contribution is -0.104. The highest BCUT2D eigenvalue weighted by Crippen LogP contribution is 2.70. The maximum absolute atomic E-state index is 12.0. The van der Waals surface area contributed by atoms with Crippen LogP contribution in [0.4, 0.5) is 0 Å². The van der Waals surface area contributed by atoms with Crippen molar-refractivity contribution in [3.05, 3.63) is 176 Å². The molecule has 6 nitrogen and oxygen atoms in total. The van der Waals surface area contributed by atoms with Crippen LogP contribution in [-0.4, -0.2) is 39.0 Å². The van der Waals surface area contributed by atoms with Gasteiger partial charge in [-0.1, -0.05) is 205 Å². The van der Waals surface area contributed by atoms with Gasteiger partial charge in [0.05, 0.1) is 66.2 Å². The lowest BCUT2D eigenvalue weighted by Gasteiger charge is -2.34. The Morgan fingerprint density at radius 1 is 0.330 bits per heavy atom. The standard InChI is InChI=1S/C78H92O6S4/c1-5-9-13-17-21-25-51-81-61-41-33-57(34-42-61)77(58-35-43-62(44-36-58)82-52-26-22-18-14-10-6-2)67-55-65(31-29-49-79)85-71(67)73-69(77)75-76(87-73)70-74(88-75)72-68(56-66(86-72)32-30-50-80)78(70,59-37-45-63(46-38-59)83-53-27-23-19-15-11-7-3)60-39-47-64(48-40-60)84-54-28-24-20-16-12-8-4/h29-50,55-56H,5-28,51-54H2,1-4H3/b31-29+,32-30+. The van der Waals surface area contributed by atoms with E-state index in [4.69, 9.17) is 18.9 Å². The van der Waals surface area contributed by atoms with Crippen LogP contribution in [0.3, 0.4) is 0 Å². The second-order valence-corrected chi connectivity index (χ2v) is 28.3. The first-order valence-corrected chi connectivity index (χ1v) is 36.8. The van der Waals surface area contributed by atoms with Crippen LogP contribution in [0.15, 0.2) is 121 Å². The molecule has 0 atom stereocenters. The predicted molar refractivity (Wildman–Crippen MR) is 376 cm³/mol. The molecular weight excluding hydrogens is 1160 g/mol.